The number of aryl methyl sites for hydroxylation is 1. The van der Waals surface area contributed by atoms with E-state index in [-0.39, 0.29) is 17.6 Å². The minimum atomic E-state index is -0.296. The Labute approximate surface area is 155 Å². The molecule has 0 radical (unpaired) electrons. The average molecular weight is 353 g/mol. The Bertz CT molecular complexity index is 755. The molecular weight excluding hydrogens is 326 g/mol. The molecule has 1 aliphatic rings. The molecule has 0 bridgehead atoms. The summed E-state index contributed by atoms with van der Waals surface area (Å²) in [6, 6.07) is 15.8. The van der Waals surface area contributed by atoms with Crippen molar-refractivity contribution in [3.8, 4) is 11.5 Å². The van der Waals surface area contributed by atoms with E-state index in [0.29, 0.717) is 19.4 Å². The van der Waals surface area contributed by atoms with Crippen LogP contribution < -0.4 is 14.8 Å². The Balaban J connectivity index is 1.54. The number of rotatable bonds is 6. The van der Waals surface area contributed by atoms with Crippen LogP contribution in [0.3, 0.4) is 0 Å². The summed E-state index contributed by atoms with van der Waals surface area (Å²) in [6.07, 6.45) is 1.90. The van der Waals surface area contributed by atoms with Gasteiger partial charge in [-0.05, 0) is 51.0 Å². The smallest absolute Gasteiger partial charge is 0.220 e. The molecule has 26 heavy (non-hydrogen) atoms. The van der Waals surface area contributed by atoms with Crippen molar-refractivity contribution in [2.75, 3.05) is 6.61 Å². The van der Waals surface area contributed by atoms with Gasteiger partial charge < -0.3 is 14.8 Å². The molecule has 4 heteroatoms. The van der Waals surface area contributed by atoms with E-state index >= 15 is 0 Å². The van der Waals surface area contributed by atoms with Gasteiger partial charge in [0.25, 0.3) is 0 Å². The molecule has 0 saturated heterocycles. The van der Waals surface area contributed by atoms with Crippen LogP contribution >= 0.6 is 0 Å². The van der Waals surface area contributed by atoms with Crippen LogP contribution in [-0.2, 0) is 4.79 Å². The first-order chi connectivity index (χ1) is 12.4. The number of hydrogen-bond donors (Lipinski definition) is 1. The zero-order chi connectivity index (χ0) is 18.6. The zero-order valence-electron chi connectivity index (χ0n) is 15.7. The lowest BCUT2D eigenvalue weighted by atomic mass is 9.89. The maximum absolute atomic E-state index is 12.4. The molecule has 1 amide bonds. The number of nitrogens with one attached hydrogen (secondary N) is 1. The van der Waals surface area contributed by atoms with Crippen LogP contribution in [0.5, 0.6) is 11.5 Å². The summed E-state index contributed by atoms with van der Waals surface area (Å²) in [4.78, 5) is 12.4. The van der Waals surface area contributed by atoms with Crippen LogP contribution in [0.2, 0.25) is 0 Å². The first-order valence-electron chi connectivity index (χ1n) is 9.20. The fourth-order valence-corrected chi connectivity index (χ4v) is 3.29. The summed E-state index contributed by atoms with van der Waals surface area (Å²) in [5, 5.41) is 3.17. The van der Waals surface area contributed by atoms with E-state index in [0.717, 1.165) is 29.0 Å². The molecule has 0 aliphatic carbocycles. The number of fused-ring (bicyclic) bond motifs is 1. The lowest BCUT2D eigenvalue weighted by Crippen LogP contribution is -2.41. The third kappa shape index (κ3) is 4.78. The number of ether oxygens (including phenoxy) is 2. The van der Waals surface area contributed by atoms with E-state index in [1.807, 2.05) is 43.3 Å². The van der Waals surface area contributed by atoms with Crippen molar-refractivity contribution in [2.24, 2.45) is 0 Å². The highest BCUT2D eigenvalue weighted by atomic mass is 16.5. The van der Waals surface area contributed by atoms with Crippen LogP contribution in [0.4, 0.5) is 0 Å². The van der Waals surface area contributed by atoms with Crippen molar-refractivity contribution in [1.82, 2.24) is 5.32 Å². The fourth-order valence-electron chi connectivity index (χ4n) is 3.29. The molecule has 1 N–H and O–H groups in total. The molecule has 1 heterocycles. The molecule has 0 spiro atoms. The summed E-state index contributed by atoms with van der Waals surface area (Å²) in [7, 11) is 0. The van der Waals surface area contributed by atoms with E-state index in [1.54, 1.807) is 0 Å². The van der Waals surface area contributed by atoms with Crippen molar-refractivity contribution in [3.63, 3.8) is 0 Å². The maximum atomic E-state index is 12.4. The van der Waals surface area contributed by atoms with Gasteiger partial charge >= 0.3 is 0 Å². The minimum Gasteiger partial charge on any atom is -0.494 e. The molecule has 3 rings (SSSR count). The number of benzene rings is 2. The molecule has 0 aromatic heterocycles. The molecule has 0 saturated carbocycles. The van der Waals surface area contributed by atoms with Gasteiger partial charge in [-0.1, -0.05) is 30.3 Å². The number of carbonyl (C=O) groups excluding carboxylic acids is 1. The van der Waals surface area contributed by atoms with Crippen molar-refractivity contribution < 1.29 is 14.3 Å². The Morgan fingerprint density at radius 2 is 2.00 bits per heavy atom. The van der Waals surface area contributed by atoms with E-state index in [2.05, 4.69) is 31.3 Å². The molecule has 4 nitrogen and oxygen atoms in total. The largest absolute Gasteiger partial charge is 0.494 e. The van der Waals surface area contributed by atoms with Crippen LogP contribution in [0.1, 0.15) is 50.3 Å². The van der Waals surface area contributed by atoms with E-state index in [9.17, 15) is 4.79 Å². The second-order valence-corrected chi connectivity index (χ2v) is 7.49. The molecule has 138 valence electrons. The van der Waals surface area contributed by atoms with Gasteiger partial charge in [-0.2, -0.15) is 0 Å². The van der Waals surface area contributed by atoms with Gasteiger partial charge in [-0.3, -0.25) is 4.79 Å². The van der Waals surface area contributed by atoms with Gasteiger partial charge in [0.1, 0.15) is 17.1 Å². The summed E-state index contributed by atoms with van der Waals surface area (Å²) in [5.74, 6) is 1.76. The molecule has 2 aromatic carbocycles. The Hall–Kier alpha value is -2.49. The molecular formula is C22H27NO3. The first-order valence-corrected chi connectivity index (χ1v) is 9.20. The van der Waals surface area contributed by atoms with E-state index < -0.39 is 0 Å². The highest BCUT2D eigenvalue weighted by Crippen LogP contribution is 2.39. The zero-order valence-corrected chi connectivity index (χ0v) is 15.7. The van der Waals surface area contributed by atoms with Crippen molar-refractivity contribution in [3.05, 3.63) is 59.7 Å². The number of hydrogen-bond acceptors (Lipinski definition) is 3. The van der Waals surface area contributed by atoms with Crippen molar-refractivity contribution >= 4 is 5.91 Å². The molecule has 0 fully saturated rings. The topological polar surface area (TPSA) is 47.6 Å². The molecule has 1 aliphatic heterocycles. The number of amides is 1. The second kappa shape index (κ2) is 7.81. The Morgan fingerprint density at radius 1 is 1.23 bits per heavy atom. The lowest BCUT2D eigenvalue weighted by Gasteiger charge is -2.38. The normalized spacial score (nSPS) is 17.7. The van der Waals surface area contributed by atoms with E-state index in [4.69, 9.17) is 9.47 Å². The van der Waals surface area contributed by atoms with Gasteiger partial charge in [0.05, 0.1) is 12.6 Å². The predicted octanol–water partition coefficient (Wildman–Crippen LogP) is 4.57. The van der Waals surface area contributed by atoms with Gasteiger partial charge in [-0.25, -0.2) is 0 Å². The predicted molar refractivity (Wildman–Crippen MR) is 103 cm³/mol. The lowest BCUT2D eigenvalue weighted by molar-refractivity contribution is -0.122. The standard InChI is InChI=1S/C22H27NO3/c1-16-11-12-18-19(15-22(2,3)26-20(18)14-16)23-21(24)10-7-13-25-17-8-5-4-6-9-17/h4-6,8-9,11-12,14,19H,7,10,13,15H2,1-3H3,(H,23,24)/t19-/m0/s1. The number of carbonyl (C=O) groups is 1. The minimum absolute atomic E-state index is 0.0168. The number of para-hydroxylation sites is 1. The fraction of sp³-hybridized carbons (Fsp3) is 0.409. The average Bonchev–Trinajstić information content (AvgIpc) is 2.58. The van der Waals surface area contributed by atoms with Crippen LogP contribution in [-0.4, -0.2) is 18.1 Å². The maximum Gasteiger partial charge on any atom is 0.220 e. The van der Waals surface area contributed by atoms with E-state index in [1.165, 1.54) is 0 Å². The van der Waals surface area contributed by atoms with Crippen molar-refractivity contribution in [2.45, 2.75) is 51.7 Å². The molecule has 2 aromatic rings. The second-order valence-electron chi connectivity index (χ2n) is 7.49. The highest BCUT2D eigenvalue weighted by Gasteiger charge is 2.34. The summed E-state index contributed by atoms with van der Waals surface area (Å²) in [5.41, 5.74) is 1.92. The highest BCUT2D eigenvalue weighted by molar-refractivity contribution is 5.76. The van der Waals surface area contributed by atoms with Crippen LogP contribution in [0, 0.1) is 6.92 Å². The SMILES string of the molecule is Cc1ccc2c(c1)OC(C)(C)C[C@@H]2NC(=O)CCCOc1ccccc1. The quantitative estimate of drug-likeness (QED) is 0.774. The van der Waals surface area contributed by atoms with Crippen LogP contribution in [0.15, 0.2) is 48.5 Å². The summed E-state index contributed by atoms with van der Waals surface area (Å²) in [6.45, 7) is 6.70. The van der Waals surface area contributed by atoms with Gasteiger partial charge in [-0.15, -0.1) is 0 Å². The monoisotopic (exact) mass is 353 g/mol. The summed E-state index contributed by atoms with van der Waals surface area (Å²) >= 11 is 0. The van der Waals surface area contributed by atoms with Crippen molar-refractivity contribution in [1.29, 1.82) is 0 Å². The molecule has 0 unspecified atom stereocenters. The van der Waals surface area contributed by atoms with Gasteiger partial charge in [0.15, 0.2) is 0 Å². The third-order valence-corrected chi connectivity index (χ3v) is 4.52. The first kappa shape index (κ1) is 18.3. The van der Waals surface area contributed by atoms with Gasteiger partial charge in [0.2, 0.25) is 5.91 Å². The van der Waals surface area contributed by atoms with Gasteiger partial charge in [0, 0.05) is 18.4 Å². The Kier molecular flexibility index (Phi) is 5.50. The summed E-state index contributed by atoms with van der Waals surface area (Å²) < 4.78 is 11.7. The Morgan fingerprint density at radius 3 is 2.77 bits per heavy atom. The van der Waals surface area contributed by atoms with Crippen LogP contribution in [0.25, 0.3) is 0 Å². The third-order valence-electron chi connectivity index (χ3n) is 4.52. The molecule has 1 atom stereocenters.